The van der Waals surface area contributed by atoms with Crippen LogP contribution in [0.5, 0.6) is 0 Å². The average molecular weight is 307 g/mol. The zero-order valence-electron chi connectivity index (χ0n) is 11.3. The molecule has 0 aliphatic carbocycles. The van der Waals surface area contributed by atoms with Crippen LogP contribution in [0.4, 0.5) is 0 Å². The van der Waals surface area contributed by atoms with E-state index in [-0.39, 0.29) is 18.0 Å². The molecule has 0 saturated carbocycles. The van der Waals surface area contributed by atoms with Crippen molar-refractivity contribution in [2.45, 2.75) is 18.9 Å². The van der Waals surface area contributed by atoms with Gasteiger partial charge < -0.3 is 15.2 Å². The lowest BCUT2D eigenvalue weighted by molar-refractivity contribution is -0.137. The van der Waals surface area contributed by atoms with E-state index in [1.807, 2.05) is 30.5 Å². The van der Waals surface area contributed by atoms with Gasteiger partial charge in [-0.3, -0.25) is 10.6 Å². The Morgan fingerprint density at radius 2 is 2.10 bits per heavy atom. The Kier molecular flexibility index (Phi) is 4.89. The maximum absolute atomic E-state index is 10.6. The highest BCUT2D eigenvalue weighted by molar-refractivity contribution is 7.80. The maximum atomic E-state index is 10.6. The van der Waals surface area contributed by atoms with Crippen molar-refractivity contribution in [1.82, 2.24) is 9.99 Å². The lowest BCUT2D eigenvalue weighted by atomic mass is 10.0. The Morgan fingerprint density at radius 3 is 2.76 bits per heavy atom. The van der Waals surface area contributed by atoms with Crippen LogP contribution in [0, 0.1) is 0 Å². The number of hydrazine groups is 1. The normalized spacial score (nSPS) is 12.7. The van der Waals surface area contributed by atoms with E-state index in [0.717, 1.165) is 16.5 Å². The molecule has 1 atom stereocenters. The van der Waals surface area contributed by atoms with E-state index in [1.54, 1.807) is 0 Å². The summed E-state index contributed by atoms with van der Waals surface area (Å²) < 4.78 is 0. The van der Waals surface area contributed by atoms with Gasteiger partial charge in [-0.25, -0.2) is 5.01 Å². The minimum Gasteiger partial charge on any atom is -0.501 e. The summed E-state index contributed by atoms with van der Waals surface area (Å²) in [5.74, 6) is 4.90. The highest BCUT2D eigenvalue weighted by atomic mass is 32.1. The van der Waals surface area contributed by atoms with Gasteiger partial charge in [0.25, 0.3) is 0 Å². The van der Waals surface area contributed by atoms with Crippen molar-refractivity contribution in [2.24, 2.45) is 5.84 Å². The van der Waals surface area contributed by atoms with Gasteiger partial charge in [0.2, 0.25) is 0 Å². The fourth-order valence-corrected chi connectivity index (χ4v) is 2.45. The number of carboxylic acids is 1. The number of hydrogen-bond acceptors (Lipinski definition) is 4. The SMILES string of the molecule is NN(CCC(=O)O)[C@@H](Cc1c[nH]c2ccccc12)C(O)=S. The maximum Gasteiger partial charge on any atom is 0.304 e. The third-order valence-electron chi connectivity index (χ3n) is 3.36. The first-order valence-electron chi connectivity index (χ1n) is 6.50. The average Bonchev–Trinajstić information content (AvgIpc) is 2.85. The first-order valence-corrected chi connectivity index (χ1v) is 6.91. The molecule has 2 rings (SSSR count). The van der Waals surface area contributed by atoms with E-state index in [2.05, 4.69) is 4.98 Å². The molecule has 0 aliphatic heterocycles. The van der Waals surface area contributed by atoms with Crippen LogP contribution in [0.1, 0.15) is 12.0 Å². The number of aliphatic hydroxyl groups excluding tert-OH is 1. The van der Waals surface area contributed by atoms with Crippen LogP contribution in [0.2, 0.25) is 0 Å². The van der Waals surface area contributed by atoms with Gasteiger partial charge in [-0.1, -0.05) is 18.2 Å². The molecule has 1 heterocycles. The molecule has 21 heavy (non-hydrogen) atoms. The lowest BCUT2D eigenvalue weighted by Gasteiger charge is -2.25. The van der Waals surface area contributed by atoms with Gasteiger partial charge in [-0.2, -0.15) is 0 Å². The highest BCUT2D eigenvalue weighted by Gasteiger charge is 2.22. The number of aromatic nitrogens is 1. The number of aliphatic carboxylic acids is 1. The third kappa shape index (κ3) is 3.78. The molecule has 1 aromatic carbocycles. The number of H-pyrrole nitrogens is 1. The molecule has 0 spiro atoms. The van der Waals surface area contributed by atoms with E-state index < -0.39 is 12.0 Å². The minimum atomic E-state index is -0.944. The number of para-hydroxylation sites is 1. The van der Waals surface area contributed by atoms with Gasteiger partial charge in [0, 0.05) is 23.6 Å². The van der Waals surface area contributed by atoms with Crippen molar-refractivity contribution in [3.05, 3.63) is 36.0 Å². The number of thiocarbonyl (C=S) groups is 1. The smallest absolute Gasteiger partial charge is 0.304 e. The highest BCUT2D eigenvalue weighted by Crippen LogP contribution is 2.20. The van der Waals surface area contributed by atoms with Crippen LogP contribution in [-0.2, 0) is 11.2 Å². The Balaban J connectivity index is 2.16. The van der Waals surface area contributed by atoms with Crippen molar-refractivity contribution >= 4 is 34.1 Å². The van der Waals surface area contributed by atoms with Gasteiger partial charge in [-0.05, 0) is 30.3 Å². The summed E-state index contributed by atoms with van der Waals surface area (Å²) in [6.45, 7) is 0.114. The number of rotatable bonds is 7. The van der Waals surface area contributed by atoms with Gasteiger partial charge in [-0.15, -0.1) is 0 Å². The largest absolute Gasteiger partial charge is 0.501 e. The van der Waals surface area contributed by atoms with E-state index in [1.165, 1.54) is 5.01 Å². The zero-order chi connectivity index (χ0) is 15.4. The van der Waals surface area contributed by atoms with Gasteiger partial charge in [0.1, 0.15) is 0 Å². The standard InChI is InChI=1S/C14H17N3O3S/c15-17(6-5-13(18)19)12(14(20)21)7-9-8-16-11-4-2-1-3-10(9)11/h1-4,8,12,16H,5-7,15H2,(H,18,19)(H,20,21)/t12-/m0/s1. The Hall–Kier alpha value is -1.96. The number of aliphatic hydroxyl groups is 1. The van der Waals surface area contributed by atoms with E-state index >= 15 is 0 Å². The molecule has 0 aliphatic rings. The predicted octanol–water partition coefficient (Wildman–Crippen LogP) is 1.61. The van der Waals surface area contributed by atoms with E-state index in [4.69, 9.17) is 23.2 Å². The summed E-state index contributed by atoms with van der Waals surface area (Å²) in [6, 6.07) is 7.18. The second-order valence-electron chi connectivity index (χ2n) is 4.80. The summed E-state index contributed by atoms with van der Waals surface area (Å²) in [4.78, 5) is 13.7. The number of nitrogens with two attached hydrogens (primary N) is 1. The summed E-state index contributed by atoms with van der Waals surface area (Å²) >= 11 is 4.85. The van der Waals surface area contributed by atoms with Crippen molar-refractivity contribution in [3.63, 3.8) is 0 Å². The topological polar surface area (TPSA) is 103 Å². The van der Waals surface area contributed by atoms with Gasteiger partial charge >= 0.3 is 5.97 Å². The summed E-state index contributed by atoms with van der Waals surface area (Å²) in [5.41, 5.74) is 1.96. The number of hydrogen-bond donors (Lipinski definition) is 4. The van der Waals surface area contributed by atoms with E-state index in [9.17, 15) is 9.90 Å². The first kappa shape index (κ1) is 15.4. The minimum absolute atomic E-state index is 0.108. The van der Waals surface area contributed by atoms with Gasteiger partial charge in [0.15, 0.2) is 5.05 Å². The van der Waals surface area contributed by atoms with Crippen molar-refractivity contribution in [3.8, 4) is 0 Å². The molecule has 2 aromatic rings. The molecule has 0 unspecified atom stereocenters. The number of aromatic amines is 1. The molecule has 112 valence electrons. The van der Waals surface area contributed by atoms with E-state index in [0.29, 0.717) is 6.42 Å². The Morgan fingerprint density at radius 1 is 1.38 bits per heavy atom. The summed E-state index contributed by atoms with van der Waals surface area (Å²) in [7, 11) is 0. The van der Waals surface area contributed by atoms with Crippen LogP contribution < -0.4 is 5.84 Å². The second kappa shape index (κ2) is 6.66. The molecule has 0 bridgehead atoms. The predicted molar refractivity (Wildman–Crippen MR) is 84.2 cm³/mol. The van der Waals surface area contributed by atoms with Crippen LogP contribution in [0.15, 0.2) is 30.5 Å². The molecule has 5 N–H and O–H groups in total. The molecule has 0 saturated heterocycles. The molecule has 7 heteroatoms. The Labute approximate surface area is 127 Å². The van der Waals surface area contributed by atoms with Crippen LogP contribution in [-0.4, -0.2) is 43.8 Å². The van der Waals surface area contributed by atoms with Crippen LogP contribution in [0.25, 0.3) is 10.9 Å². The molecule has 1 aromatic heterocycles. The molecular formula is C14H17N3O3S. The molecule has 0 radical (unpaired) electrons. The quantitative estimate of drug-likeness (QED) is 0.352. The summed E-state index contributed by atoms with van der Waals surface area (Å²) in [5, 5.41) is 20.4. The zero-order valence-corrected chi connectivity index (χ0v) is 12.1. The number of carbonyl (C=O) groups is 1. The fraction of sp³-hybridized carbons (Fsp3) is 0.286. The van der Waals surface area contributed by atoms with Crippen LogP contribution >= 0.6 is 12.2 Å². The second-order valence-corrected chi connectivity index (χ2v) is 5.22. The summed E-state index contributed by atoms with van der Waals surface area (Å²) in [6.07, 6.45) is 2.15. The monoisotopic (exact) mass is 307 g/mol. The number of benzene rings is 1. The first-order chi connectivity index (χ1) is 9.99. The van der Waals surface area contributed by atoms with Crippen molar-refractivity contribution < 1.29 is 15.0 Å². The number of nitrogens with one attached hydrogen (secondary N) is 1. The third-order valence-corrected chi connectivity index (χ3v) is 3.63. The number of carboxylic acid groups (broad SMARTS) is 1. The number of nitrogens with zero attached hydrogens (tertiary/aromatic N) is 1. The lowest BCUT2D eigenvalue weighted by Crippen LogP contribution is -2.47. The Bertz CT molecular complexity index is 656. The van der Waals surface area contributed by atoms with Crippen molar-refractivity contribution in [1.29, 1.82) is 0 Å². The number of fused-ring (bicyclic) bond motifs is 1. The van der Waals surface area contributed by atoms with Crippen molar-refractivity contribution in [2.75, 3.05) is 6.54 Å². The molecule has 6 nitrogen and oxygen atoms in total. The molecule has 0 amide bonds. The fourth-order valence-electron chi connectivity index (χ4n) is 2.24. The molecule has 0 fully saturated rings. The van der Waals surface area contributed by atoms with Crippen LogP contribution in [0.3, 0.4) is 0 Å². The van der Waals surface area contributed by atoms with Gasteiger partial charge in [0.05, 0.1) is 12.5 Å². The molecular weight excluding hydrogens is 290 g/mol.